The van der Waals surface area contributed by atoms with Crippen LogP contribution in [0.15, 0.2) is 58.7 Å². The van der Waals surface area contributed by atoms with Crippen molar-refractivity contribution in [1.29, 1.82) is 0 Å². The Kier molecular flexibility index (Phi) is 5.87. The van der Waals surface area contributed by atoms with Crippen molar-refractivity contribution in [2.45, 2.75) is 12.8 Å². The molecule has 33 heavy (non-hydrogen) atoms. The van der Waals surface area contributed by atoms with Crippen molar-refractivity contribution in [2.24, 2.45) is 0 Å². The number of carbonyl (C=O) groups is 2. The number of methoxy groups -OCH3 is 1. The van der Waals surface area contributed by atoms with Gasteiger partial charge in [0, 0.05) is 55.4 Å². The highest BCUT2D eigenvalue weighted by Gasteiger charge is 2.26. The summed E-state index contributed by atoms with van der Waals surface area (Å²) in [7, 11) is 1.65. The molecule has 0 N–H and O–H groups in total. The quantitative estimate of drug-likeness (QED) is 0.436. The smallest absolute Gasteiger partial charge is 0.289 e. The van der Waals surface area contributed by atoms with Crippen LogP contribution in [0, 0.1) is 0 Å². The molecule has 0 aliphatic carbocycles. The molecule has 8 nitrogen and oxygen atoms in total. The molecule has 5 rings (SSSR count). The number of hydrogen-bond donors (Lipinski definition) is 0. The first-order valence-corrected chi connectivity index (χ1v) is 11.7. The highest BCUT2D eigenvalue weighted by molar-refractivity contribution is 7.15. The lowest BCUT2D eigenvalue weighted by Gasteiger charge is -2.34. The van der Waals surface area contributed by atoms with E-state index in [0.717, 1.165) is 27.7 Å². The van der Waals surface area contributed by atoms with Gasteiger partial charge in [-0.2, -0.15) is 0 Å². The Bertz CT molecular complexity index is 1250. The van der Waals surface area contributed by atoms with E-state index in [1.54, 1.807) is 35.5 Å². The Morgan fingerprint density at radius 2 is 1.85 bits per heavy atom. The molecule has 1 fully saturated rings. The van der Waals surface area contributed by atoms with Crippen LogP contribution in [0.1, 0.15) is 22.7 Å². The van der Waals surface area contributed by atoms with E-state index < -0.39 is 0 Å². The number of piperazine rings is 1. The van der Waals surface area contributed by atoms with Crippen LogP contribution in [0.5, 0.6) is 5.75 Å². The molecule has 0 spiro atoms. The molecular weight excluding hydrogens is 440 g/mol. The summed E-state index contributed by atoms with van der Waals surface area (Å²) in [6.45, 7) is 2.11. The standard InChI is InChI=1S/C24H24N4O4S/c1-31-19-7-4-17(5-8-19)20-15-28-18(16-33-24(28)25-20)6-9-22(29)26-10-12-27(13-11-26)23(30)21-3-2-14-32-21/h2-5,7-8,14-16H,6,9-13H2,1H3. The minimum atomic E-state index is -0.125. The van der Waals surface area contributed by atoms with E-state index in [9.17, 15) is 9.59 Å². The monoisotopic (exact) mass is 464 g/mol. The second-order valence-corrected chi connectivity index (χ2v) is 8.72. The molecule has 1 aliphatic rings. The molecule has 0 unspecified atom stereocenters. The first kappa shape index (κ1) is 21.3. The summed E-state index contributed by atoms with van der Waals surface area (Å²) in [4.78, 5) is 34.4. The number of amides is 2. The summed E-state index contributed by atoms with van der Waals surface area (Å²) in [5.41, 5.74) is 2.99. The number of rotatable bonds is 6. The van der Waals surface area contributed by atoms with Crippen molar-refractivity contribution in [1.82, 2.24) is 19.2 Å². The van der Waals surface area contributed by atoms with Gasteiger partial charge >= 0.3 is 0 Å². The van der Waals surface area contributed by atoms with Gasteiger partial charge in [0.05, 0.1) is 19.1 Å². The van der Waals surface area contributed by atoms with Gasteiger partial charge in [-0.05, 0) is 42.8 Å². The molecule has 3 aromatic heterocycles. The van der Waals surface area contributed by atoms with Crippen LogP contribution in [-0.2, 0) is 11.2 Å². The lowest BCUT2D eigenvalue weighted by Crippen LogP contribution is -2.50. The molecule has 0 radical (unpaired) electrons. The molecule has 1 aromatic carbocycles. The van der Waals surface area contributed by atoms with Crippen LogP contribution >= 0.6 is 11.3 Å². The summed E-state index contributed by atoms with van der Waals surface area (Å²) in [6, 6.07) is 11.2. The average Bonchev–Trinajstić information content (AvgIpc) is 3.61. The van der Waals surface area contributed by atoms with Crippen LogP contribution in [0.4, 0.5) is 0 Å². The Hall–Kier alpha value is -3.59. The molecule has 4 aromatic rings. The number of imidazole rings is 1. The molecule has 2 amide bonds. The van der Waals surface area contributed by atoms with Gasteiger partial charge in [0.15, 0.2) is 10.7 Å². The molecule has 170 valence electrons. The normalized spacial score (nSPS) is 14.1. The van der Waals surface area contributed by atoms with Crippen molar-refractivity contribution in [3.05, 3.63) is 65.7 Å². The van der Waals surface area contributed by atoms with Crippen LogP contribution in [0.3, 0.4) is 0 Å². The van der Waals surface area contributed by atoms with Gasteiger partial charge in [-0.15, -0.1) is 11.3 Å². The lowest BCUT2D eigenvalue weighted by molar-refractivity contribution is -0.132. The Morgan fingerprint density at radius 1 is 1.09 bits per heavy atom. The number of ether oxygens (including phenoxy) is 1. The fraction of sp³-hybridized carbons (Fsp3) is 0.292. The van der Waals surface area contributed by atoms with Crippen molar-refractivity contribution in [3.63, 3.8) is 0 Å². The van der Waals surface area contributed by atoms with Gasteiger partial charge in [0.25, 0.3) is 5.91 Å². The SMILES string of the molecule is COc1ccc(-c2cn3c(CCC(=O)N4CCN(C(=O)c5ccco5)CC4)csc3n2)cc1. The van der Waals surface area contributed by atoms with Crippen LogP contribution in [0.2, 0.25) is 0 Å². The van der Waals surface area contributed by atoms with Crippen LogP contribution in [0.25, 0.3) is 16.2 Å². The largest absolute Gasteiger partial charge is 0.497 e. The maximum Gasteiger partial charge on any atom is 0.289 e. The molecule has 1 saturated heterocycles. The Balaban J connectivity index is 1.18. The van der Waals surface area contributed by atoms with Crippen molar-refractivity contribution < 1.29 is 18.7 Å². The molecule has 4 heterocycles. The molecule has 0 saturated carbocycles. The highest BCUT2D eigenvalue weighted by Crippen LogP contribution is 2.26. The molecular formula is C24H24N4O4S. The molecule has 0 bridgehead atoms. The van der Waals surface area contributed by atoms with Gasteiger partial charge < -0.3 is 19.0 Å². The summed E-state index contributed by atoms with van der Waals surface area (Å²) in [6.07, 6.45) is 4.58. The zero-order valence-corrected chi connectivity index (χ0v) is 19.1. The Labute approximate surface area is 195 Å². The number of aryl methyl sites for hydroxylation is 1. The first-order valence-electron chi connectivity index (χ1n) is 10.8. The highest BCUT2D eigenvalue weighted by atomic mass is 32.1. The summed E-state index contributed by atoms with van der Waals surface area (Å²) in [5, 5.41) is 2.06. The fourth-order valence-corrected chi connectivity index (χ4v) is 4.93. The van der Waals surface area contributed by atoms with E-state index >= 15 is 0 Å². The molecule has 0 atom stereocenters. The van der Waals surface area contributed by atoms with E-state index in [-0.39, 0.29) is 11.8 Å². The second-order valence-electron chi connectivity index (χ2n) is 7.88. The third-order valence-electron chi connectivity index (χ3n) is 5.92. The fourth-order valence-electron chi connectivity index (χ4n) is 4.02. The van der Waals surface area contributed by atoms with E-state index in [0.29, 0.717) is 44.8 Å². The third kappa shape index (κ3) is 4.36. The topological polar surface area (TPSA) is 80.3 Å². The van der Waals surface area contributed by atoms with E-state index in [2.05, 4.69) is 9.78 Å². The van der Waals surface area contributed by atoms with Gasteiger partial charge in [-0.1, -0.05) is 0 Å². The van der Waals surface area contributed by atoms with Gasteiger partial charge in [0.1, 0.15) is 5.75 Å². The van der Waals surface area contributed by atoms with Gasteiger partial charge in [0.2, 0.25) is 5.91 Å². The number of furan rings is 1. The lowest BCUT2D eigenvalue weighted by atomic mass is 10.1. The second kappa shape index (κ2) is 9.11. The summed E-state index contributed by atoms with van der Waals surface area (Å²) < 4.78 is 12.5. The first-order chi connectivity index (χ1) is 16.1. The van der Waals surface area contributed by atoms with E-state index in [1.165, 1.54) is 6.26 Å². The average molecular weight is 465 g/mol. The number of nitrogens with zero attached hydrogens (tertiary/aromatic N) is 4. The molecule has 1 aliphatic heterocycles. The van der Waals surface area contributed by atoms with Gasteiger partial charge in [-0.25, -0.2) is 4.98 Å². The number of carbonyl (C=O) groups excluding carboxylic acids is 2. The summed E-state index contributed by atoms with van der Waals surface area (Å²) in [5.74, 6) is 1.13. The van der Waals surface area contributed by atoms with Crippen molar-refractivity contribution in [2.75, 3.05) is 33.3 Å². The van der Waals surface area contributed by atoms with E-state index in [4.69, 9.17) is 14.1 Å². The zero-order valence-electron chi connectivity index (χ0n) is 18.3. The van der Waals surface area contributed by atoms with E-state index in [1.807, 2.05) is 35.4 Å². The minimum absolute atomic E-state index is 0.106. The van der Waals surface area contributed by atoms with Crippen LogP contribution < -0.4 is 4.74 Å². The number of thiazole rings is 1. The predicted octanol–water partition coefficient (Wildman–Crippen LogP) is 3.58. The zero-order chi connectivity index (χ0) is 22.8. The Morgan fingerprint density at radius 3 is 2.55 bits per heavy atom. The third-order valence-corrected chi connectivity index (χ3v) is 6.80. The minimum Gasteiger partial charge on any atom is -0.497 e. The maximum atomic E-state index is 12.8. The maximum absolute atomic E-state index is 12.8. The number of hydrogen-bond acceptors (Lipinski definition) is 6. The number of fused-ring (bicyclic) bond motifs is 1. The summed E-state index contributed by atoms with van der Waals surface area (Å²) >= 11 is 1.58. The van der Waals surface area contributed by atoms with Crippen molar-refractivity contribution in [3.8, 4) is 17.0 Å². The van der Waals surface area contributed by atoms with Gasteiger partial charge in [-0.3, -0.25) is 14.0 Å². The number of aromatic nitrogens is 2. The van der Waals surface area contributed by atoms with Crippen LogP contribution in [-0.4, -0.2) is 64.3 Å². The van der Waals surface area contributed by atoms with Crippen molar-refractivity contribution >= 4 is 28.1 Å². The molecule has 9 heteroatoms. The number of benzene rings is 1. The predicted molar refractivity (Wildman–Crippen MR) is 125 cm³/mol.